The molecule has 11 heteroatoms. The lowest BCUT2D eigenvalue weighted by molar-refractivity contribution is -0.122. The second-order valence-corrected chi connectivity index (χ2v) is 11.3. The van der Waals surface area contributed by atoms with E-state index in [-0.39, 0.29) is 22.6 Å². The number of thioether (sulfide) groups is 2. The zero-order valence-electron chi connectivity index (χ0n) is 19.5. The van der Waals surface area contributed by atoms with Crippen molar-refractivity contribution < 1.29 is 9.53 Å². The number of nitrogens with zero attached hydrogens (tertiary/aromatic N) is 1. The number of amides is 1. The van der Waals surface area contributed by atoms with Gasteiger partial charge in [0, 0.05) is 39.0 Å². The predicted octanol–water partition coefficient (Wildman–Crippen LogP) is 4.29. The number of rotatable bonds is 15. The van der Waals surface area contributed by atoms with Crippen LogP contribution in [0.4, 0.5) is 0 Å². The summed E-state index contributed by atoms with van der Waals surface area (Å²) in [4.78, 5) is 14.6. The lowest BCUT2D eigenvalue weighted by atomic mass is 10.2. The van der Waals surface area contributed by atoms with Crippen molar-refractivity contribution in [3.05, 3.63) is 45.3 Å². The molecule has 190 valence electrons. The first-order valence-corrected chi connectivity index (χ1v) is 14.1. The molecule has 2 atom stereocenters. The van der Waals surface area contributed by atoms with Gasteiger partial charge in [0.05, 0.1) is 28.6 Å². The summed E-state index contributed by atoms with van der Waals surface area (Å²) < 4.78 is 6.08. The first-order chi connectivity index (χ1) is 16.4. The lowest BCUT2D eigenvalue weighted by Gasteiger charge is -2.33. The number of nitrogens with one attached hydrogen (secondary N) is 3. The van der Waals surface area contributed by atoms with Crippen molar-refractivity contribution in [2.24, 2.45) is 5.73 Å². The summed E-state index contributed by atoms with van der Waals surface area (Å²) in [6.45, 7) is 3.56. The van der Waals surface area contributed by atoms with Gasteiger partial charge in [-0.15, -0.1) is 23.5 Å². The van der Waals surface area contributed by atoms with Crippen LogP contribution in [0.25, 0.3) is 0 Å². The van der Waals surface area contributed by atoms with E-state index in [1.807, 2.05) is 48.5 Å². The van der Waals surface area contributed by atoms with Crippen molar-refractivity contribution in [1.29, 1.82) is 5.41 Å². The van der Waals surface area contributed by atoms with E-state index < -0.39 is 0 Å². The number of hydrogen-bond donors (Lipinski definition) is 4. The molecular formula is C23H35Cl2N5O2S2. The summed E-state index contributed by atoms with van der Waals surface area (Å²) in [5.41, 5.74) is 6.45. The normalized spacial score (nSPS) is 17.7. The molecule has 34 heavy (non-hydrogen) atoms. The summed E-state index contributed by atoms with van der Waals surface area (Å²) in [5, 5.41) is 16.6. The Kier molecular flexibility index (Phi) is 14.4. The monoisotopic (exact) mass is 547 g/mol. The van der Waals surface area contributed by atoms with Gasteiger partial charge in [-0.1, -0.05) is 35.3 Å². The van der Waals surface area contributed by atoms with E-state index in [0.29, 0.717) is 36.0 Å². The fourth-order valence-electron chi connectivity index (χ4n) is 3.33. The number of halogens is 2. The molecular weight excluding hydrogens is 513 g/mol. The van der Waals surface area contributed by atoms with Gasteiger partial charge in [-0.2, -0.15) is 0 Å². The third kappa shape index (κ3) is 12.2. The molecule has 1 aromatic rings. The van der Waals surface area contributed by atoms with E-state index in [1.54, 1.807) is 11.8 Å². The first-order valence-electron chi connectivity index (χ1n) is 11.3. The average Bonchev–Trinajstić information content (AvgIpc) is 2.81. The van der Waals surface area contributed by atoms with Gasteiger partial charge in [0.15, 0.2) is 0 Å². The Labute approximate surface area is 221 Å². The van der Waals surface area contributed by atoms with Crippen LogP contribution in [0, 0.1) is 5.41 Å². The largest absolute Gasteiger partial charge is 0.387 e. The number of carbonyl (C=O) groups excluding carboxylic acids is 1. The maximum Gasteiger partial charge on any atom is 0.220 e. The fraction of sp³-hybridized carbons (Fsp3) is 0.565. The van der Waals surface area contributed by atoms with Crippen molar-refractivity contribution >= 4 is 58.5 Å². The molecule has 1 saturated heterocycles. The highest BCUT2D eigenvalue weighted by molar-refractivity contribution is 8.18. The van der Waals surface area contributed by atoms with Crippen LogP contribution in [0.3, 0.4) is 0 Å². The number of morpholine rings is 1. The third-order valence-electron chi connectivity index (χ3n) is 5.08. The van der Waals surface area contributed by atoms with Crippen LogP contribution in [0.5, 0.6) is 0 Å². The van der Waals surface area contributed by atoms with Gasteiger partial charge in [0.1, 0.15) is 4.71 Å². The van der Waals surface area contributed by atoms with Crippen LogP contribution in [0.1, 0.15) is 31.2 Å². The molecule has 0 spiro atoms. The molecule has 0 aliphatic carbocycles. The summed E-state index contributed by atoms with van der Waals surface area (Å²) in [6, 6.07) is 5.71. The molecule has 1 aliphatic rings. The summed E-state index contributed by atoms with van der Waals surface area (Å²) in [7, 11) is 1.93. The third-order valence-corrected chi connectivity index (χ3v) is 8.46. The van der Waals surface area contributed by atoms with E-state index >= 15 is 0 Å². The minimum Gasteiger partial charge on any atom is -0.387 e. The van der Waals surface area contributed by atoms with E-state index in [2.05, 4.69) is 15.5 Å². The predicted molar refractivity (Wildman–Crippen MR) is 147 cm³/mol. The molecule has 1 aliphatic heterocycles. The van der Waals surface area contributed by atoms with Crippen LogP contribution in [-0.4, -0.2) is 66.5 Å². The van der Waals surface area contributed by atoms with Gasteiger partial charge in [-0.25, -0.2) is 0 Å². The first kappa shape index (κ1) is 29.3. The fourth-order valence-corrected chi connectivity index (χ4v) is 5.68. The Balaban J connectivity index is 1.57. The average molecular weight is 549 g/mol. The van der Waals surface area contributed by atoms with Crippen LogP contribution >= 0.6 is 46.7 Å². The van der Waals surface area contributed by atoms with Crippen LogP contribution < -0.4 is 16.4 Å². The highest BCUT2D eigenvalue weighted by atomic mass is 35.5. The zero-order valence-corrected chi connectivity index (χ0v) is 22.7. The van der Waals surface area contributed by atoms with Crippen molar-refractivity contribution in [1.82, 2.24) is 15.5 Å². The lowest BCUT2D eigenvalue weighted by Crippen LogP contribution is -2.47. The molecule has 0 bridgehead atoms. The topological polar surface area (TPSA) is 103 Å². The number of hydrogen-bond acceptors (Lipinski definition) is 7. The van der Waals surface area contributed by atoms with E-state index in [9.17, 15) is 4.79 Å². The van der Waals surface area contributed by atoms with Gasteiger partial charge in [-0.3, -0.25) is 20.4 Å². The number of carbonyl (C=O) groups is 1. The van der Waals surface area contributed by atoms with Crippen molar-refractivity contribution in [3.8, 4) is 0 Å². The SMILES string of the molecule is CNC(S/C=C/CC(=N)N)SCCCCC(=O)NCC1CN(Cc2ccc(Cl)c(Cl)c2)CCO1. The Morgan fingerprint density at radius 3 is 2.94 bits per heavy atom. The molecule has 0 radical (unpaired) electrons. The Hall–Kier alpha value is -0.940. The maximum atomic E-state index is 12.2. The molecule has 7 nitrogen and oxygen atoms in total. The second-order valence-electron chi connectivity index (χ2n) is 7.97. The molecule has 1 aromatic carbocycles. The maximum absolute atomic E-state index is 12.2. The number of unbranched alkanes of at least 4 members (excludes halogenated alkanes) is 1. The summed E-state index contributed by atoms with van der Waals surface area (Å²) >= 11 is 15.6. The molecule has 5 N–H and O–H groups in total. The van der Waals surface area contributed by atoms with Gasteiger partial charge >= 0.3 is 0 Å². The quantitative estimate of drug-likeness (QED) is 0.112. The Bertz CT molecular complexity index is 816. The van der Waals surface area contributed by atoms with Gasteiger partial charge < -0.3 is 15.8 Å². The minimum absolute atomic E-state index is 0.0134. The summed E-state index contributed by atoms with van der Waals surface area (Å²) in [5.74, 6) is 1.21. The van der Waals surface area contributed by atoms with Crippen LogP contribution in [-0.2, 0) is 16.1 Å². The van der Waals surface area contributed by atoms with Gasteiger partial charge in [-0.05, 0) is 48.7 Å². The molecule has 2 unspecified atom stereocenters. The molecule has 0 saturated carbocycles. The van der Waals surface area contributed by atoms with E-state index in [4.69, 9.17) is 39.1 Å². The summed E-state index contributed by atoms with van der Waals surface area (Å²) in [6.07, 6.45) is 4.71. The number of ether oxygens (including phenoxy) is 1. The highest BCUT2D eigenvalue weighted by Gasteiger charge is 2.21. The highest BCUT2D eigenvalue weighted by Crippen LogP contribution is 2.24. The molecule has 2 rings (SSSR count). The second kappa shape index (κ2) is 16.7. The zero-order chi connectivity index (χ0) is 24.8. The smallest absolute Gasteiger partial charge is 0.220 e. The minimum atomic E-state index is -0.0134. The van der Waals surface area contributed by atoms with E-state index in [0.717, 1.165) is 43.8 Å². The van der Waals surface area contributed by atoms with Gasteiger partial charge in [0.25, 0.3) is 0 Å². The molecule has 1 fully saturated rings. The van der Waals surface area contributed by atoms with Crippen molar-refractivity contribution in [2.45, 2.75) is 43.0 Å². The van der Waals surface area contributed by atoms with Crippen molar-refractivity contribution in [2.75, 3.05) is 39.0 Å². The molecule has 0 aromatic heterocycles. The molecule has 1 heterocycles. The Morgan fingerprint density at radius 2 is 2.21 bits per heavy atom. The Morgan fingerprint density at radius 1 is 1.38 bits per heavy atom. The van der Waals surface area contributed by atoms with Gasteiger partial charge in [0.2, 0.25) is 5.91 Å². The van der Waals surface area contributed by atoms with Crippen molar-refractivity contribution in [3.63, 3.8) is 0 Å². The standard InChI is InChI=1S/C23H35Cl2N5O2S2/c1-28-23(34-12-4-5-21(26)27)33-11-3-2-6-22(31)29-14-18-16-30(9-10-32-18)15-17-7-8-19(24)20(25)13-17/h4,7-8,12-13,18,23,28H,2-3,5-6,9-11,14-16H2,1H3,(H3,26,27)(H,29,31)/b12-4+. The van der Waals surface area contributed by atoms with E-state index in [1.165, 1.54) is 0 Å². The number of benzene rings is 1. The van der Waals surface area contributed by atoms with Crippen LogP contribution in [0.2, 0.25) is 10.0 Å². The van der Waals surface area contributed by atoms with Crippen LogP contribution in [0.15, 0.2) is 29.7 Å². The number of nitrogens with two attached hydrogens (primary N) is 1. The number of amidine groups is 1. The molecule has 1 amide bonds.